The molecule has 2 aliphatic carbocycles. The minimum Gasteiger partial charge on any atom is -0.494 e. The van der Waals surface area contributed by atoms with Crippen LogP contribution in [0, 0.1) is 11.8 Å². The molecule has 4 nitrogen and oxygen atoms in total. The van der Waals surface area contributed by atoms with Crippen LogP contribution in [-0.2, 0) is 0 Å². The first-order valence-electron chi connectivity index (χ1n) is 24.5. The van der Waals surface area contributed by atoms with Crippen molar-refractivity contribution in [2.45, 2.75) is 187 Å². The van der Waals surface area contributed by atoms with Gasteiger partial charge in [0.1, 0.15) is 11.5 Å². The molecule has 2 aromatic carbocycles. The maximum atomic E-state index is 5.68. The minimum atomic E-state index is 0.657. The van der Waals surface area contributed by atoms with Crippen molar-refractivity contribution in [2.24, 2.45) is 11.8 Å². The van der Waals surface area contributed by atoms with Crippen LogP contribution in [0.1, 0.15) is 199 Å². The molecule has 2 fully saturated rings. The number of hydrogen-bond donors (Lipinski definition) is 0. The molecule has 4 aromatic rings. The summed E-state index contributed by atoms with van der Waals surface area (Å²) in [6.45, 7) is 10.2. The van der Waals surface area contributed by atoms with Gasteiger partial charge in [-0.15, -0.1) is 0 Å². The maximum absolute atomic E-state index is 5.68. The van der Waals surface area contributed by atoms with Gasteiger partial charge in [-0.1, -0.05) is 147 Å². The largest absolute Gasteiger partial charge is 0.494 e. The molecule has 2 aliphatic rings. The molecule has 0 N–H and O–H groups in total. The van der Waals surface area contributed by atoms with Crippen molar-refractivity contribution >= 4 is 0 Å². The second-order valence-corrected chi connectivity index (χ2v) is 17.8. The molecule has 322 valence electrons. The quantitative estimate of drug-likeness (QED) is 0.0701. The molecular formula is C55H80N2O2. The van der Waals surface area contributed by atoms with E-state index in [1.165, 1.54) is 175 Å². The Morgan fingerprint density at radius 3 is 1.17 bits per heavy atom. The average Bonchev–Trinajstić information content (AvgIpc) is 3.29. The van der Waals surface area contributed by atoms with E-state index >= 15 is 0 Å². The molecule has 2 heterocycles. The Labute approximate surface area is 360 Å². The van der Waals surface area contributed by atoms with E-state index in [0.29, 0.717) is 18.4 Å². The van der Waals surface area contributed by atoms with Gasteiger partial charge in [0.15, 0.2) is 0 Å². The van der Waals surface area contributed by atoms with Crippen LogP contribution in [0.15, 0.2) is 85.2 Å². The molecule has 59 heavy (non-hydrogen) atoms. The first-order valence-corrected chi connectivity index (χ1v) is 24.5. The molecule has 6 rings (SSSR count). The van der Waals surface area contributed by atoms with E-state index in [4.69, 9.17) is 19.4 Å². The number of pyridine rings is 2. The lowest BCUT2D eigenvalue weighted by Crippen LogP contribution is -2.14. The van der Waals surface area contributed by atoms with Crippen molar-refractivity contribution in [1.29, 1.82) is 0 Å². The molecule has 4 heteroatoms. The van der Waals surface area contributed by atoms with Gasteiger partial charge < -0.3 is 9.47 Å². The summed E-state index contributed by atoms with van der Waals surface area (Å²) in [6.07, 6.45) is 35.9. The SMILES string of the molecule is CCCCCCCCC1CCC(c2ccc(-c3ccc(OCC)cc3)cn2)CC1.CCCCCCCCC1CCC(c2ccc(-c3ccc(OCCC)cc3)cn2)CC1. The zero-order valence-corrected chi connectivity index (χ0v) is 37.8. The van der Waals surface area contributed by atoms with Gasteiger partial charge in [0.25, 0.3) is 0 Å². The van der Waals surface area contributed by atoms with Gasteiger partial charge in [0, 0.05) is 46.7 Å². The van der Waals surface area contributed by atoms with Crippen LogP contribution in [-0.4, -0.2) is 23.2 Å². The van der Waals surface area contributed by atoms with Crippen LogP contribution < -0.4 is 9.47 Å². The van der Waals surface area contributed by atoms with Crippen molar-refractivity contribution in [1.82, 2.24) is 9.97 Å². The lowest BCUT2D eigenvalue weighted by atomic mass is 9.78. The Morgan fingerprint density at radius 2 is 0.797 bits per heavy atom. The number of hydrogen-bond acceptors (Lipinski definition) is 4. The molecular weight excluding hydrogens is 721 g/mol. The Balaban J connectivity index is 0.000000224. The number of nitrogens with zero attached hydrogens (tertiary/aromatic N) is 2. The van der Waals surface area contributed by atoms with Gasteiger partial charge in [0.05, 0.1) is 13.2 Å². The molecule has 0 saturated heterocycles. The summed E-state index contributed by atoms with van der Waals surface area (Å²) < 4.78 is 11.2. The fourth-order valence-electron chi connectivity index (χ4n) is 9.43. The number of ether oxygens (including phenoxy) is 2. The van der Waals surface area contributed by atoms with E-state index in [9.17, 15) is 0 Å². The first-order chi connectivity index (χ1) is 29.1. The lowest BCUT2D eigenvalue weighted by molar-refractivity contribution is 0.299. The van der Waals surface area contributed by atoms with Crippen molar-refractivity contribution in [3.05, 3.63) is 96.6 Å². The van der Waals surface area contributed by atoms with Gasteiger partial charge in [-0.05, 0) is 124 Å². The van der Waals surface area contributed by atoms with E-state index in [1.54, 1.807) is 0 Å². The summed E-state index contributed by atoms with van der Waals surface area (Å²) >= 11 is 0. The smallest absolute Gasteiger partial charge is 0.119 e. The fourth-order valence-corrected chi connectivity index (χ4v) is 9.43. The highest BCUT2D eigenvalue weighted by atomic mass is 16.5. The van der Waals surface area contributed by atoms with Crippen molar-refractivity contribution in [2.75, 3.05) is 13.2 Å². The van der Waals surface area contributed by atoms with Crippen LogP contribution in [0.5, 0.6) is 11.5 Å². The summed E-state index contributed by atoms with van der Waals surface area (Å²) in [5, 5.41) is 0. The van der Waals surface area contributed by atoms with Crippen LogP contribution in [0.4, 0.5) is 0 Å². The third kappa shape index (κ3) is 16.4. The molecule has 0 radical (unpaired) electrons. The Bertz CT molecular complexity index is 1630. The highest BCUT2D eigenvalue weighted by molar-refractivity contribution is 5.64. The Morgan fingerprint density at radius 1 is 0.407 bits per heavy atom. The van der Waals surface area contributed by atoms with Crippen molar-refractivity contribution in [3.63, 3.8) is 0 Å². The zero-order chi connectivity index (χ0) is 41.3. The van der Waals surface area contributed by atoms with Crippen molar-refractivity contribution in [3.8, 4) is 33.8 Å². The van der Waals surface area contributed by atoms with Crippen molar-refractivity contribution < 1.29 is 9.47 Å². The Hall–Kier alpha value is -3.66. The van der Waals surface area contributed by atoms with Gasteiger partial charge >= 0.3 is 0 Å². The highest BCUT2D eigenvalue weighted by Crippen LogP contribution is 2.39. The lowest BCUT2D eigenvalue weighted by Gasteiger charge is -2.28. The molecule has 0 bridgehead atoms. The summed E-state index contributed by atoms with van der Waals surface area (Å²) in [7, 11) is 0. The summed E-state index contributed by atoms with van der Waals surface area (Å²) in [5.41, 5.74) is 7.37. The molecule has 2 aromatic heterocycles. The average molecular weight is 801 g/mol. The molecule has 0 aliphatic heterocycles. The van der Waals surface area contributed by atoms with E-state index in [2.05, 4.69) is 87.6 Å². The van der Waals surface area contributed by atoms with Crippen LogP contribution in [0.2, 0.25) is 0 Å². The van der Waals surface area contributed by atoms with Gasteiger partial charge in [-0.3, -0.25) is 9.97 Å². The zero-order valence-electron chi connectivity index (χ0n) is 37.8. The number of rotatable bonds is 23. The number of aromatic nitrogens is 2. The predicted octanol–water partition coefficient (Wildman–Crippen LogP) is 16.7. The molecule has 2 saturated carbocycles. The minimum absolute atomic E-state index is 0.657. The summed E-state index contributed by atoms with van der Waals surface area (Å²) in [5.74, 6) is 5.11. The molecule has 0 atom stereocenters. The molecule has 0 amide bonds. The van der Waals surface area contributed by atoms with E-state index in [0.717, 1.165) is 36.4 Å². The van der Waals surface area contributed by atoms with Gasteiger partial charge in [-0.2, -0.15) is 0 Å². The third-order valence-corrected chi connectivity index (χ3v) is 13.2. The van der Waals surface area contributed by atoms with E-state index in [-0.39, 0.29) is 0 Å². The second kappa shape index (κ2) is 27.2. The highest BCUT2D eigenvalue weighted by Gasteiger charge is 2.24. The predicted molar refractivity (Wildman–Crippen MR) is 252 cm³/mol. The van der Waals surface area contributed by atoms with Crippen LogP contribution >= 0.6 is 0 Å². The number of benzene rings is 2. The second-order valence-electron chi connectivity index (χ2n) is 17.8. The van der Waals surface area contributed by atoms with Gasteiger partial charge in [-0.25, -0.2) is 0 Å². The standard InChI is InChI=1S/C28H41NO.C27H39NO/c1-3-5-6-7-8-9-10-23-11-13-25(14-12-23)28-20-17-26(22-29-28)24-15-18-27(19-16-24)30-21-4-2;1-3-5-6-7-8-9-10-22-11-13-24(14-12-22)27-20-17-25(21-28-27)23-15-18-26(19-16-23)29-4-2/h15-20,22-23,25H,3-14,21H2,1-2H3;15-22,24H,3-14H2,1-2H3. The molecule has 0 spiro atoms. The third-order valence-electron chi connectivity index (χ3n) is 13.2. The summed E-state index contributed by atoms with van der Waals surface area (Å²) in [6, 6.07) is 25.7. The topological polar surface area (TPSA) is 44.2 Å². The van der Waals surface area contributed by atoms with Crippen LogP contribution in [0.25, 0.3) is 22.3 Å². The van der Waals surface area contributed by atoms with Crippen LogP contribution in [0.3, 0.4) is 0 Å². The monoisotopic (exact) mass is 801 g/mol. The maximum Gasteiger partial charge on any atom is 0.119 e. The number of unbranched alkanes of at least 4 members (excludes halogenated alkanes) is 10. The first kappa shape index (κ1) is 46.4. The summed E-state index contributed by atoms with van der Waals surface area (Å²) in [4.78, 5) is 9.68. The molecule has 0 unspecified atom stereocenters. The normalized spacial score (nSPS) is 19.1. The Kier molecular flexibility index (Phi) is 21.4. The van der Waals surface area contributed by atoms with Gasteiger partial charge in [0.2, 0.25) is 0 Å². The fraction of sp³-hybridized carbons (Fsp3) is 0.600. The van der Waals surface area contributed by atoms with E-state index < -0.39 is 0 Å². The van der Waals surface area contributed by atoms with E-state index in [1.807, 2.05) is 25.3 Å².